The zero-order valence-electron chi connectivity index (χ0n) is 9.73. The molecule has 16 heavy (non-hydrogen) atoms. The highest BCUT2D eigenvalue weighted by molar-refractivity contribution is 5.85. The molecule has 0 unspecified atom stereocenters. The van der Waals surface area contributed by atoms with Crippen molar-refractivity contribution in [1.29, 1.82) is 0 Å². The highest BCUT2D eigenvalue weighted by Gasteiger charge is 2.13. The predicted molar refractivity (Wildman–Crippen MR) is 66.4 cm³/mol. The average molecular weight is 244 g/mol. The van der Waals surface area contributed by atoms with Crippen LogP contribution >= 0.6 is 12.4 Å². The highest BCUT2D eigenvalue weighted by Crippen LogP contribution is 2.32. The van der Waals surface area contributed by atoms with E-state index >= 15 is 0 Å². The number of halogens is 1. The zero-order valence-corrected chi connectivity index (χ0v) is 10.5. The number of ether oxygens (including phenoxy) is 2. The number of benzene rings is 1. The molecule has 1 aromatic carbocycles. The lowest BCUT2D eigenvalue weighted by molar-refractivity contribution is 0.174. The summed E-state index contributed by atoms with van der Waals surface area (Å²) in [5.74, 6) is 1.73. The van der Waals surface area contributed by atoms with Crippen molar-refractivity contribution in [3.05, 3.63) is 23.8 Å². The van der Waals surface area contributed by atoms with E-state index in [2.05, 4.69) is 30.9 Å². The van der Waals surface area contributed by atoms with Gasteiger partial charge in [-0.2, -0.15) is 0 Å². The second-order valence-corrected chi connectivity index (χ2v) is 3.65. The van der Waals surface area contributed by atoms with Crippen molar-refractivity contribution in [2.24, 2.45) is 0 Å². The van der Waals surface area contributed by atoms with Crippen LogP contribution in [0, 0.1) is 0 Å². The summed E-state index contributed by atoms with van der Waals surface area (Å²) in [6.45, 7) is 7.83. The molecule has 1 heterocycles. The van der Waals surface area contributed by atoms with Crippen molar-refractivity contribution in [1.82, 2.24) is 4.90 Å². The summed E-state index contributed by atoms with van der Waals surface area (Å²) in [6, 6.07) is 6.16. The lowest BCUT2D eigenvalue weighted by atomic mass is 10.2. The number of nitrogens with zero attached hydrogens (tertiary/aromatic N) is 1. The molecule has 0 saturated heterocycles. The van der Waals surface area contributed by atoms with Crippen molar-refractivity contribution < 1.29 is 9.47 Å². The minimum absolute atomic E-state index is 0. The van der Waals surface area contributed by atoms with Gasteiger partial charge in [0.1, 0.15) is 0 Å². The van der Waals surface area contributed by atoms with Gasteiger partial charge in [0.2, 0.25) is 6.79 Å². The summed E-state index contributed by atoms with van der Waals surface area (Å²) in [7, 11) is 0. The van der Waals surface area contributed by atoms with Gasteiger partial charge in [0.15, 0.2) is 11.5 Å². The van der Waals surface area contributed by atoms with E-state index < -0.39 is 0 Å². The molecule has 0 radical (unpaired) electrons. The maximum atomic E-state index is 5.35. The molecule has 4 heteroatoms. The van der Waals surface area contributed by atoms with E-state index in [1.54, 1.807) is 0 Å². The van der Waals surface area contributed by atoms with Crippen LogP contribution in [0.25, 0.3) is 0 Å². The highest BCUT2D eigenvalue weighted by atomic mass is 35.5. The molecule has 0 saturated carbocycles. The van der Waals surface area contributed by atoms with Gasteiger partial charge in [0, 0.05) is 6.54 Å². The SMILES string of the molecule is CCN(CC)Cc1ccc2c(c1)OCO2.Cl. The first-order valence-electron chi connectivity index (χ1n) is 5.44. The third-order valence-electron chi connectivity index (χ3n) is 2.74. The topological polar surface area (TPSA) is 21.7 Å². The smallest absolute Gasteiger partial charge is 0.231 e. The predicted octanol–water partition coefficient (Wildman–Crippen LogP) is 2.68. The summed E-state index contributed by atoms with van der Waals surface area (Å²) < 4.78 is 10.6. The van der Waals surface area contributed by atoms with Gasteiger partial charge in [-0.1, -0.05) is 19.9 Å². The molecular formula is C12H18ClNO2. The van der Waals surface area contributed by atoms with Crippen molar-refractivity contribution in [3.8, 4) is 11.5 Å². The molecule has 0 N–H and O–H groups in total. The molecule has 0 aliphatic carbocycles. The molecule has 1 aromatic rings. The van der Waals surface area contributed by atoms with E-state index in [4.69, 9.17) is 9.47 Å². The first kappa shape index (κ1) is 13.1. The molecule has 2 rings (SSSR count). The molecule has 0 bridgehead atoms. The Morgan fingerprint density at radius 2 is 1.81 bits per heavy atom. The van der Waals surface area contributed by atoms with Crippen molar-refractivity contribution in [2.75, 3.05) is 19.9 Å². The largest absolute Gasteiger partial charge is 0.454 e. The third-order valence-corrected chi connectivity index (χ3v) is 2.74. The van der Waals surface area contributed by atoms with Crippen LogP contribution in [0.4, 0.5) is 0 Å². The Hall–Kier alpha value is -0.930. The van der Waals surface area contributed by atoms with Crippen molar-refractivity contribution in [3.63, 3.8) is 0 Å². The van der Waals surface area contributed by atoms with E-state index in [-0.39, 0.29) is 12.4 Å². The van der Waals surface area contributed by atoms with Crippen LogP contribution in [0.2, 0.25) is 0 Å². The lowest BCUT2D eigenvalue weighted by Crippen LogP contribution is -2.21. The van der Waals surface area contributed by atoms with Crippen LogP contribution in [0.1, 0.15) is 19.4 Å². The van der Waals surface area contributed by atoms with E-state index in [9.17, 15) is 0 Å². The summed E-state index contributed by atoms with van der Waals surface area (Å²) >= 11 is 0. The van der Waals surface area contributed by atoms with E-state index in [1.165, 1.54) is 5.56 Å². The van der Waals surface area contributed by atoms with Gasteiger partial charge in [-0.3, -0.25) is 4.90 Å². The fraction of sp³-hybridized carbons (Fsp3) is 0.500. The molecule has 3 nitrogen and oxygen atoms in total. The summed E-state index contributed by atoms with van der Waals surface area (Å²) in [6.07, 6.45) is 0. The molecule has 0 aromatic heterocycles. The maximum Gasteiger partial charge on any atom is 0.231 e. The van der Waals surface area contributed by atoms with Crippen LogP contribution in [0.3, 0.4) is 0 Å². The van der Waals surface area contributed by atoms with Crippen LogP contribution in [-0.2, 0) is 6.54 Å². The lowest BCUT2D eigenvalue weighted by Gasteiger charge is -2.17. The van der Waals surface area contributed by atoms with Gasteiger partial charge in [-0.05, 0) is 30.8 Å². The minimum atomic E-state index is 0. The Kier molecular flexibility index (Phi) is 4.90. The van der Waals surface area contributed by atoms with E-state index in [1.807, 2.05) is 6.07 Å². The molecular weight excluding hydrogens is 226 g/mol. The van der Waals surface area contributed by atoms with Crippen molar-refractivity contribution >= 4 is 12.4 Å². The molecule has 0 atom stereocenters. The Bertz CT molecular complexity index is 340. The molecule has 0 spiro atoms. The van der Waals surface area contributed by atoms with Gasteiger partial charge >= 0.3 is 0 Å². The first-order valence-corrected chi connectivity index (χ1v) is 5.44. The molecule has 1 aliphatic rings. The third kappa shape index (κ3) is 2.80. The monoisotopic (exact) mass is 243 g/mol. The molecule has 0 amide bonds. The second kappa shape index (κ2) is 5.97. The fourth-order valence-corrected chi connectivity index (χ4v) is 1.74. The Morgan fingerprint density at radius 1 is 1.12 bits per heavy atom. The van der Waals surface area contributed by atoms with Gasteiger partial charge < -0.3 is 9.47 Å². The Balaban J connectivity index is 0.00000128. The van der Waals surface area contributed by atoms with E-state index in [0.717, 1.165) is 31.1 Å². The Morgan fingerprint density at radius 3 is 2.50 bits per heavy atom. The number of fused-ring (bicyclic) bond motifs is 1. The normalized spacial score (nSPS) is 12.7. The van der Waals surface area contributed by atoms with Gasteiger partial charge in [-0.25, -0.2) is 0 Å². The number of hydrogen-bond donors (Lipinski definition) is 0. The zero-order chi connectivity index (χ0) is 10.7. The van der Waals surface area contributed by atoms with Crippen LogP contribution in [0.5, 0.6) is 11.5 Å². The van der Waals surface area contributed by atoms with Gasteiger partial charge in [0.05, 0.1) is 0 Å². The maximum absolute atomic E-state index is 5.35. The van der Waals surface area contributed by atoms with Crippen LogP contribution in [-0.4, -0.2) is 24.8 Å². The summed E-state index contributed by atoms with van der Waals surface area (Å²) in [5.41, 5.74) is 1.28. The van der Waals surface area contributed by atoms with E-state index in [0.29, 0.717) is 6.79 Å². The quantitative estimate of drug-likeness (QED) is 0.812. The van der Waals surface area contributed by atoms with Gasteiger partial charge in [-0.15, -0.1) is 12.4 Å². The standard InChI is InChI=1S/C12H17NO2.ClH/c1-3-13(4-2)8-10-5-6-11-12(7-10)15-9-14-11;/h5-7H,3-4,8-9H2,1-2H3;1H. The van der Waals surface area contributed by atoms with Crippen LogP contribution in [0.15, 0.2) is 18.2 Å². The van der Waals surface area contributed by atoms with Gasteiger partial charge in [0.25, 0.3) is 0 Å². The second-order valence-electron chi connectivity index (χ2n) is 3.65. The number of rotatable bonds is 4. The fourth-order valence-electron chi connectivity index (χ4n) is 1.74. The van der Waals surface area contributed by atoms with Crippen molar-refractivity contribution in [2.45, 2.75) is 20.4 Å². The molecule has 0 fully saturated rings. The molecule has 90 valence electrons. The average Bonchev–Trinajstić information content (AvgIpc) is 2.73. The number of hydrogen-bond acceptors (Lipinski definition) is 3. The molecule has 1 aliphatic heterocycles. The Labute approximate surface area is 103 Å². The summed E-state index contributed by atoms with van der Waals surface area (Å²) in [5, 5.41) is 0. The minimum Gasteiger partial charge on any atom is -0.454 e. The summed E-state index contributed by atoms with van der Waals surface area (Å²) in [4.78, 5) is 2.37. The first-order chi connectivity index (χ1) is 7.33. The van der Waals surface area contributed by atoms with Crippen LogP contribution < -0.4 is 9.47 Å².